The number of piperazine rings is 2. The fourth-order valence-electron chi connectivity index (χ4n) is 4.05. The summed E-state index contributed by atoms with van der Waals surface area (Å²) in [6.45, 7) is 8.65. The van der Waals surface area contributed by atoms with Gasteiger partial charge in [0.1, 0.15) is 0 Å². The van der Waals surface area contributed by atoms with Gasteiger partial charge in [0.05, 0.1) is 7.11 Å². The fourth-order valence-corrected chi connectivity index (χ4v) is 4.05. The summed E-state index contributed by atoms with van der Waals surface area (Å²) in [7, 11) is 7.72. The summed E-state index contributed by atoms with van der Waals surface area (Å²) in [6.07, 6.45) is 0. The van der Waals surface area contributed by atoms with Crippen LogP contribution in [0.1, 0.15) is 5.56 Å². The summed E-state index contributed by atoms with van der Waals surface area (Å²) in [6, 6.07) is 5.71. The first-order valence-electron chi connectivity index (χ1n) is 10.4. The lowest BCUT2D eigenvalue weighted by atomic mass is 10.1. The molecule has 7 nitrogen and oxygen atoms in total. The van der Waals surface area contributed by atoms with E-state index in [0.29, 0.717) is 11.8 Å². The van der Waals surface area contributed by atoms with Crippen molar-refractivity contribution in [3.8, 4) is 5.75 Å². The van der Waals surface area contributed by atoms with Crippen molar-refractivity contribution in [2.45, 2.75) is 12.6 Å². The number of halogens is 1. The Morgan fingerprint density at radius 1 is 1.17 bits per heavy atom. The lowest BCUT2D eigenvalue weighted by Crippen LogP contribution is -2.57. The van der Waals surface area contributed by atoms with Crippen LogP contribution in [0.2, 0.25) is 0 Å². The Kier molecular flexibility index (Phi) is 7.69. The van der Waals surface area contributed by atoms with Gasteiger partial charge in [-0.3, -0.25) is 14.8 Å². The normalized spacial score (nSPS) is 22.7. The summed E-state index contributed by atoms with van der Waals surface area (Å²) in [5, 5.41) is 3.57. The number of ether oxygens (including phenoxy) is 1. The van der Waals surface area contributed by atoms with Gasteiger partial charge < -0.3 is 19.9 Å². The Hall–Kier alpha value is -1.90. The van der Waals surface area contributed by atoms with E-state index in [9.17, 15) is 4.39 Å². The third-order valence-electron chi connectivity index (χ3n) is 5.98. The highest BCUT2D eigenvalue weighted by atomic mass is 19.1. The van der Waals surface area contributed by atoms with Crippen molar-refractivity contribution in [3.05, 3.63) is 29.6 Å². The van der Waals surface area contributed by atoms with Crippen molar-refractivity contribution in [1.82, 2.24) is 24.9 Å². The summed E-state index contributed by atoms with van der Waals surface area (Å²) in [5.74, 6) is 0.969. The Bertz CT molecular complexity index is 692. The molecule has 8 heteroatoms. The zero-order valence-corrected chi connectivity index (χ0v) is 18.2. The summed E-state index contributed by atoms with van der Waals surface area (Å²) in [4.78, 5) is 14.0. The second-order valence-electron chi connectivity index (χ2n) is 8.06. The third-order valence-corrected chi connectivity index (χ3v) is 5.98. The molecule has 0 saturated carbocycles. The Morgan fingerprint density at radius 3 is 2.59 bits per heavy atom. The van der Waals surface area contributed by atoms with Gasteiger partial charge in [0.25, 0.3) is 0 Å². The van der Waals surface area contributed by atoms with E-state index in [1.807, 2.05) is 13.1 Å². The first-order valence-corrected chi connectivity index (χ1v) is 10.4. The van der Waals surface area contributed by atoms with Crippen LogP contribution in [-0.4, -0.2) is 112 Å². The van der Waals surface area contributed by atoms with Crippen molar-refractivity contribution in [3.63, 3.8) is 0 Å². The highest BCUT2D eigenvalue weighted by molar-refractivity contribution is 5.80. The van der Waals surface area contributed by atoms with Gasteiger partial charge in [-0.1, -0.05) is 6.07 Å². The van der Waals surface area contributed by atoms with E-state index in [4.69, 9.17) is 4.74 Å². The average Bonchev–Trinajstić information content (AvgIpc) is 2.72. The van der Waals surface area contributed by atoms with E-state index >= 15 is 0 Å². The van der Waals surface area contributed by atoms with E-state index in [1.165, 1.54) is 7.11 Å². The molecule has 29 heavy (non-hydrogen) atoms. The molecular formula is C21H35FN6O. The maximum Gasteiger partial charge on any atom is 0.193 e. The largest absolute Gasteiger partial charge is 0.494 e. The molecule has 0 radical (unpaired) electrons. The quantitative estimate of drug-likeness (QED) is 0.576. The van der Waals surface area contributed by atoms with Crippen LogP contribution >= 0.6 is 0 Å². The van der Waals surface area contributed by atoms with Crippen molar-refractivity contribution in [2.24, 2.45) is 4.99 Å². The number of likely N-dealkylation sites (N-methyl/N-ethyl adjacent to an activating group) is 2. The van der Waals surface area contributed by atoms with Crippen LogP contribution in [0.25, 0.3) is 0 Å². The summed E-state index contributed by atoms with van der Waals surface area (Å²) in [5.41, 5.74) is 0.976. The van der Waals surface area contributed by atoms with Crippen LogP contribution in [0.4, 0.5) is 4.39 Å². The third kappa shape index (κ3) is 5.81. The first-order chi connectivity index (χ1) is 14.0. The SMILES string of the molecule is CN=C(NCC1CN(C)CCN1C)N1CCN(Cc2ccc(OC)c(F)c2)CC1. The number of nitrogens with zero attached hydrogens (tertiary/aromatic N) is 5. The van der Waals surface area contributed by atoms with Crippen molar-refractivity contribution in [2.75, 3.05) is 80.6 Å². The van der Waals surface area contributed by atoms with E-state index in [-0.39, 0.29) is 5.82 Å². The maximum absolute atomic E-state index is 13.9. The number of aliphatic imine (C=N–C) groups is 1. The highest BCUT2D eigenvalue weighted by Gasteiger charge is 2.24. The highest BCUT2D eigenvalue weighted by Crippen LogP contribution is 2.19. The van der Waals surface area contributed by atoms with Crippen molar-refractivity contribution in [1.29, 1.82) is 0 Å². The number of hydrogen-bond donors (Lipinski definition) is 1. The minimum Gasteiger partial charge on any atom is -0.494 e. The van der Waals surface area contributed by atoms with Crippen LogP contribution in [0.3, 0.4) is 0 Å². The summed E-state index contributed by atoms with van der Waals surface area (Å²) < 4.78 is 18.9. The predicted molar refractivity (Wildman–Crippen MR) is 115 cm³/mol. The predicted octanol–water partition coefficient (Wildman–Crippen LogP) is 0.773. The molecule has 1 atom stereocenters. The molecule has 1 N–H and O–H groups in total. The van der Waals surface area contributed by atoms with E-state index in [1.54, 1.807) is 12.1 Å². The number of guanidine groups is 1. The van der Waals surface area contributed by atoms with E-state index < -0.39 is 0 Å². The number of hydrogen-bond acceptors (Lipinski definition) is 5. The van der Waals surface area contributed by atoms with Gasteiger partial charge in [0.15, 0.2) is 17.5 Å². The molecule has 2 aliphatic rings. The van der Waals surface area contributed by atoms with E-state index in [2.05, 4.69) is 44.0 Å². The van der Waals surface area contributed by atoms with Gasteiger partial charge in [-0.2, -0.15) is 0 Å². The second-order valence-corrected chi connectivity index (χ2v) is 8.06. The van der Waals surface area contributed by atoms with E-state index in [0.717, 1.165) is 70.4 Å². The standard InChI is InChI=1S/C21H35FN6O/c1-23-21(24-14-18-16-25(2)7-8-26(18)3)28-11-9-27(10-12-28)15-17-5-6-20(29-4)19(22)13-17/h5-6,13,18H,7-12,14-16H2,1-4H3,(H,23,24). The average molecular weight is 407 g/mol. The number of benzene rings is 1. The van der Waals surface area contributed by atoms with Gasteiger partial charge in [-0.05, 0) is 31.8 Å². The molecule has 1 aromatic carbocycles. The molecule has 1 aromatic rings. The summed E-state index contributed by atoms with van der Waals surface area (Å²) >= 11 is 0. The number of nitrogens with one attached hydrogen (secondary N) is 1. The Labute approximate surface area is 174 Å². The second kappa shape index (κ2) is 10.2. The van der Waals surface area contributed by atoms with Crippen LogP contribution in [-0.2, 0) is 6.54 Å². The number of methoxy groups -OCH3 is 1. The number of rotatable bonds is 5. The molecule has 2 fully saturated rings. The minimum atomic E-state index is -0.299. The molecule has 1 unspecified atom stereocenters. The van der Waals surface area contributed by atoms with Crippen molar-refractivity contribution >= 4 is 5.96 Å². The molecule has 162 valence electrons. The monoisotopic (exact) mass is 406 g/mol. The Balaban J connectivity index is 1.46. The molecule has 0 aliphatic carbocycles. The molecule has 0 spiro atoms. The molecular weight excluding hydrogens is 371 g/mol. The van der Waals surface area contributed by atoms with Crippen LogP contribution in [0, 0.1) is 5.82 Å². The first kappa shape index (κ1) is 21.8. The Morgan fingerprint density at radius 2 is 1.93 bits per heavy atom. The lowest BCUT2D eigenvalue weighted by molar-refractivity contribution is 0.115. The van der Waals surface area contributed by atoms with Gasteiger partial charge in [0.2, 0.25) is 0 Å². The van der Waals surface area contributed by atoms with Gasteiger partial charge in [0, 0.05) is 72.0 Å². The fraction of sp³-hybridized carbons (Fsp3) is 0.667. The maximum atomic E-state index is 13.9. The molecule has 0 amide bonds. The topological polar surface area (TPSA) is 46.6 Å². The molecule has 3 rings (SSSR count). The zero-order valence-electron chi connectivity index (χ0n) is 18.2. The van der Waals surface area contributed by atoms with Gasteiger partial charge >= 0.3 is 0 Å². The molecule has 2 saturated heterocycles. The molecule has 0 aromatic heterocycles. The lowest BCUT2D eigenvalue weighted by Gasteiger charge is -2.40. The molecule has 0 bridgehead atoms. The zero-order chi connectivity index (χ0) is 20.8. The van der Waals surface area contributed by atoms with Crippen LogP contribution < -0.4 is 10.1 Å². The molecule has 2 heterocycles. The minimum absolute atomic E-state index is 0.295. The van der Waals surface area contributed by atoms with Crippen LogP contribution in [0.15, 0.2) is 23.2 Å². The smallest absolute Gasteiger partial charge is 0.193 e. The molecule has 2 aliphatic heterocycles. The van der Waals surface area contributed by atoms with Crippen LogP contribution in [0.5, 0.6) is 5.75 Å². The van der Waals surface area contributed by atoms with Gasteiger partial charge in [-0.15, -0.1) is 0 Å². The van der Waals surface area contributed by atoms with Crippen molar-refractivity contribution < 1.29 is 9.13 Å². The van der Waals surface area contributed by atoms with Gasteiger partial charge in [-0.25, -0.2) is 4.39 Å².